The zero-order valence-corrected chi connectivity index (χ0v) is 19.5. The number of methoxy groups -OCH3 is 1. The highest BCUT2D eigenvalue weighted by atomic mass is 16.5. The summed E-state index contributed by atoms with van der Waals surface area (Å²) in [5.41, 5.74) is 3.38. The van der Waals surface area contributed by atoms with E-state index < -0.39 is 17.7 Å². The molecule has 33 heavy (non-hydrogen) atoms. The standard InChI is InChI=1S/C26H30N2O5/c1-16-14-19-15-18(8-11-21(19)33-16)24(29)22-23(17-6-9-20(10-7-17)27(2)3)28(12-5-13-32-4)26(31)25(22)30/h6-11,15-16,23,29H,5,12-14H2,1-4H3/b24-22+/t16-,23+/m1/s1. The van der Waals surface area contributed by atoms with E-state index in [0.29, 0.717) is 25.1 Å². The maximum absolute atomic E-state index is 13.1. The number of Topliss-reactive ketones (excluding diaryl/α,β-unsaturated/α-hetero) is 1. The van der Waals surface area contributed by atoms with Crippen LogP contribution in [0.25, 0.3) is 5.76 Å². The summed E-state index contributed by atoms with van der Waals surface area (Å²) >= 11 is 0. The van der Waals surface area contributed by atoms with Gasteiger partial charge < -0.3 is 24.4 Å². The molecule has 1 fully saturated rings. The molecule has 174 valence electrons. The fourth-order valence-electron chi connectivity index (χ4n) is 4.52. The number of aliphatic hydroxyl groups is 1. The molecule has 7 heteroatoms. The third-order valence-electron chi connectivity index (χ3n) is 6.18. The molecular formula is C26H30N2O5. The number of aliphatic hydroxyl groups excluding tert-OH is 1. The van der Waals surface area contributed by atoms with Crippen LogP contribution in [0.2, 0.25) is 0 Å². The highest BCUT2D eigenvalue weighted by molar-refractivity contribution is 6.46. The smallest absolute Gasteiger partial charge is 0.295 e. The van der Waals surface area contributed by atoms with Gasteiger partial charge in [0, 0.05) is 52.0 Å². The second-order valence-corrected chi connectivity index (χ2v) is 8.78. The Hall–Kier alpha value is -3.32. The lowest BCUT2D eigenvalue weighted by Gasteiger charge is -2.26. The molecule has 0 aromatic heterocycles. The van der Waals surface area contributed by atoms with Crippen molar-refractivity contribution in [1.82, 2.24) is 4.90 Å². The van der Waals surface area contributed by atoms with Crippen molar-refractivity contribution in [2.75, 3.05) is 39.3 Å². The third kappa shape index (κ3) is 4.33. The van der Waals surface area contributed by atoms with E-state index in [1.54, 1.807) is 13.2 Å². The Labute approximate surface area is 194 Å². The molecule has 2 atom stereocenters. The summed E-state index contributed by atoms with van der Waals surface area (Å²) in [4.78, 5) is 29.6. The number of fused-ring (bicyclic) bond motifs is 1. The van der Waals surface area contributed by atoms with Gasteiger partial charge in [-0.3, -0.25) is 9.59 Å². The molecule has 4 rings (SSSR count). The van der Waals surface area contributed by atoms with E-state index in [2.05, 4.69) is 0 Å². The predicted molar refractivity (Wildman–Crippen MR) is 127 cm³/mol. The summed E-state index contributed by atoms with van der Waals surface area (Å²) < 4.78 is 10.9. The van der Waals surface area contributed by atoms with Crippen molar-refractivity contribution in [3.05, 3.63) is 64.7 Å². The van der Waals surface area contributed by atoms with Gasteiger partial charge in [0.15, 0.2) is 0 Å². The van der Waals surface area contributed by atoms with Crippen molar-refractivity contribution in [2.45, 2.75) is 31.9 Å². The Morgan fingerprint density at radius 1 is 1.18 bits per heavy atom. The average molecular weight is 451 g/mol. The highest BCUT2D eigenvalue weighted by Crippen LogP contribution is 2.41. The van der Waals surface area contributed by atoms with Gasteiger partial charge in [0.2, 0.25) is 0 Å². The zero-order valence-electron chi connectivity index (χ0n) is 19.5. The van der Waals surface area contributed by atoms with Crippen LogP contribution in [0.1, 0.15) is 36.1 Å². The number of nitrogens with zero attached hydrogens (tertiary/aromatic N) is 2. The van der Waals surface area contributed by atoms with Crippen LogP contribution in [0.3, 0.4) is 0 Å². The molecule has 2 heterocycles. The van der Waals surface area contributed by atoms with Crippen LogP contribution >= 0.6 is 0 Å². The van der Waals surface area contributed by atoms with Gasteiger partial charge >= 0.3 is 0 Å². The maximum atomic E-state index is 13.1. The Balaban J connectivity index is 1.79. The van der Waals surface area contributed by atoms with Crippen molar-refractivity contribution in [3.63, 3.8) is 0 Å². The van der Waals surface area contributed by atoms with Gasteiger partial charge in [-0.2, -0.15) is 0 Å². The van der Waals surface area contributed by atoms with E-state index in [-0.39, 0.29) is 17.4 Å². The number of carbonyl (C=O) groups excluding carboxylic acids is 2. The van der Waals surface area contributed by atoms with Crippen molar-refractivity contribution < 1.29 is 24.2 Å². The molecule has 0 unspecified atom stereocenters. The molecule has 0 spiro atoms. The summed E-state index contributed by atoms with van der Waals surface area (Å²) in [7, 11) is 5.50. The van der Waals surface area contributed by atoms with E-state index in [0.717, 1.165) is 29.0 Å². The van der Waals surface area contributed by atoms with Crippen LogP contribution in [0.5, 0.6) is 5.75 Å². The fourth-order valence-corrected chi connectivity index (χ4v) is 4.52. The first-order chi connectivity index (χ1) is 15.8. The Morgan fingerprint density at radius 2 is 1.91 bits per heavy atom. The van der Waals surface area contributed by atoms with E-state index in [4.69, 9.17) is 9.47 Å². The number of amides is 1. The maximum Gasteiger partial charge on any atom is 0.295 e. The van der Waals surface area contributed by atoms with Crippen LogP contribution in [0.15, 0.2) is 48.0 Å². The number of benzene rings is 2. The molecule has 1 amide bonds. The van der Waals surface area contributed by atoms with Gasteiger partial charge in [-0.25, -0.2) is 0 Å². The number of rotatable bonds is 7. The summed E-state index contributed by atoms with van der Waals surface area (Å²) in [6, 6.07) is 12.4. The monoisotopic (exact) mass is 450 g/mol. The normalized spacial score (nSPS) is 21.3. The SMILES string of the molecule is COCCCN1C(=O)C(=O)/C(=C(/O)c2ccc3c(c2)C[C@@H](C)O3)[C@@H]1c1ccc(N(C)C)cc1. The van der Waals surface area contributed by atoms with Crippen molar-refractivity contribution >= 4 is 23.1 Å². The molecule has 0 saturated carbocycles. The minimum atomic E-state index is -0.670. The van der Waals surface area contributed by atoms with E-state index >= 15 is 0 Å². The Bertz CT molecular complexity index is 1090. The summed E-state index contributed by atoms with van der Waals surface area (Å²) in [5.74, 6) is -0.648. The van der Waals surface area contributed by atoms with Gasteiger partial charge in [0.05, 0.1) is 11.6 Å². The number of anilines is 1. The lowest BCUT2D eigenvalue weighted by Crippen LogP contribution is -2.31. The number of carbonyl (C=O) groups is 2. The topological polar surface area (TPSA) is 79.3 Å². The molecule has 7 nitrogen and oxygen atoms in total. The van der Waals surface area contributed by atoms with Crippen LogP contribution in [0, 0.1) is 0 Å². The molecule has 1 N–H and O–H groups in total. The van der Waals surface area contributed by atoms with Crippen LogP contribution in [-0.4, -0.2) is 62.2 Å². The zero-order chi connectivity index (χ0) is 23.7. The van der Waals surface area contributed by atoms with Crippen molar-refractivity contribution in [1.29, 1.82) is 0 Å². The second-order valence-electron chi connectivity index (χ2n) is 8.78. The largest absolute Gasteiger partial charge is 0.507 e. The molecule has 0 bridgehead atoms. The third-order valence-corrected chi connectivity index (χ3v) is 6.18. The van der Waals surface area contributed by atoms with Gasteiger partial charge in [-0.05, 0) is 54.8 Å². The lowest BCUT2D eigenvalue weighted by atomic mass is 9.94. The molecular weight excluding hydrogens is 420 g/mol. The number of hydrogen-bond donors (Lipinski definition) is 1. The van der Waals surface area contributed by atoms with Gasteiger partial charge in [-0.1, -0.05) is 12.1 Å². The van der Waals surface area contributed by atoms with Crippen LogP contribution in [-0.2, 0) is 20.7 Å². The summed E-state index contributed by atoms with van der Waals surface area (Å²) in [6.07, 6.45) is 1.39. The number of ether oxygens (including phenoxy) is 2. The molecule has 2 aromatic rings. The van der Waals surface area contributed by atoms with E-state index in [1.807, 2.05) is 62.3 Å². The second kappa shape index (κ2) is 9.27. The minimum Gasteiger partial charge on any atom is -0.507 e. The molecule has 0 aliphatic carbocycles. The minimum absolute atomic E-state index is 0.0685. The Kier molecular flexibility index (Phi) is 6.42. The van der Waals surface area contributed by atoms with Crippen LogP contribution < -0.4 is 9.64 Å². The van der Waals surface area contributed by atoms with Crippen LogP contribution in [0.4, 0.5) is 5.69 Å². The van der Waals surface area contributed by atoms with Gasteiger partial charge in [0.1, 0.15) is 17.6 Å². The first-order valence-electron chi connectivity index (χ1n) is 11.2. The molecule has 1 saturated heterocycles. The van der Waals surface area contributed by atoms with E-state index in [9.17, 15) is 14.7 Å². The quantitative estimate of drug-likeness (QED) is 0.301. The summed E-state index contributed by atoms with van der Waals surface area (Å²) in [5, 5.41) is 11.3. The molecule has 2 aromatic carbocycles. The first kappa shape index (κ1) is 22.9. The Morgan fingerprint density at radius 3 is 2.58 bits per heavy atom. The number of ketones is 1. The average Bonchev–Trinajstić information content (AvgIpc) is 3.29. The fraction of sp³-hybridized carbons (Fsp3) is 0.385. The summed E-state index contributed by atoms with van der Waals surface area (Å²) in [6.45, 7) is 2.81. The van der Waals surface area contributed by atoms with E-state index in [1.165, 1.54) is 4.90 Å². The number of likely N-dealkylation sites (tertiary alicyclic amines) is 1. The van der Waals surface area contributed by atoms with Gasteiger partial charge in [0.25, 0.3) is 11.7 Å². The first-order valence-corrected chi connectivity index (χ1v) is 11.2. The highest BCUT2D eigenvalue weighted by Gasteiger charge is 2.45. The number of hydrogen-bond acceptors (Lipinski definition) is 6. The molecule has 2 aliphatic rings. The lowest BCUT2D eigenvalue weighted by molar-refractivity contribution is -0.140. The van der Waals surface area contributed by atoms with Crippen molar-refractivity contribution in [3.8, 4) is 5.75 Å². The van der Waals surface area contributed by atoms with Gasteiger partial charge in [-0.15, -0.1) is 0 Å². The predicted octanol–water partition coefficient (Wildman–Crippen LogP) is 3.53. The molecule has 0 radical (unpaired) electrons. The van der Waals surface area contributed by atoms with Crippen molar-refractivity contribution in [2.24, 2.45) is 0 Å². The molecule has 2 aliphatic heterocycles.